The fourth-order valence-corrected chi connectivity index (χ4v) is 2.03. The van der Waals surface area contributed by atoms with Crippen molar-refractivity contribution >= 4 is 11.9 Å². The molecule has 1 saturated heterocycles. The van der Waals surface area contributed by atoms with Crippen molar-refractivity contribution in [1.29, 1.82) is 0 Å². The number of carbonyl (C=O) groups excluding carboxylic acids is 2. The van der Waals surface area contributed by atoms with Crippen LogP contribution in [0.15, 0.2) is 0 Å². The Hall–Kier alpha value is -1.46. The van der Waals surface area contributed by atoms with E-state index in [1.807, 2.05) is 0 Å². The van der Waals surface area contributed by atoms with E-state index in [4.69, 9.17) is 35.0 Å². The molecule has 0 bridgehead atoms. The topological polar surface area (TPSA) is 210 Å². The molecule has 0 radical (unpaired) electrons. The third kappa shape index (κ3) is 7.42. The minimum Gasteiger partial charge on any atom is -0.463 e. The van der Waals surface area contributed by atoms with E-state index in [-0.39, 0.29) is 16.9 Å². The summed E-state index contributed by atoms with van der Waals surface area (Å²) in [4.78, 5) is 22.8. The van der Waals surface area contributed by atoms with Gasteiger partial charge in [0.25, 0.3) is 0 Å². The number of ether oxygens (including phenoxy) is 3. The smallest absolute Gasteiger partial charge is 0.307 e. The lowest BCUT2D eigenvalue weighted by molar-refractivity contribution is -0.309. The van der Waals surface area contributed by atoms with E-state index in [1.54, 1.807) is 0 Å². The lowest BCUT2D eigenvalue weighted by Gasteiger charge is -2.39. The molecule has 7 N–H and O–H groups in total. The number of esters is 2. The van der Waals surface area contributed by atoms with Gasteiger partial charge in [-0.1, -0.05) is 10.5 Å². The van der Waals surface area contributed by atoms with Crippen LogP contribution in [0.2, 0.25) is 0 Å². The molecule has 0 spiro atoms. The minimum absolute atomic E-state index is 0.216. The van der Waals surface area contributed by atoms with Crippen molar-refractivity contribution in [3.8, 4) is 0 Å². The molecule has 0 aromatic carbocycles. The summed E-state index contributed by atoms with van der Waals surface area (Å²) in [6.07, 6.45) is -9.12. The standard InChI is InChI=1S/C12H22N2O12/c15-7(1-3-13(20)21)24-5-6-9(17)10(18)11(12(19)25-6)26-8(16)2-4-14(22)23/h6,9-12,17-23H,1-5H2. The highest BCUT2D eigenvalue weighted by atomic mass is 16.8. The fourth-order valence-electron chi connectivity index (χ4n) is 2.03. The van der Waals surface area contributed by atoms with Crippen molar-refractivity contribution in [2.24, 2.45) is 0 Å². The predicted molar refractivity (Wildman–Crippen MR) is 73.5 cm³/mol. The van der Waals surface area contributed by atoms with Crippen LogP contribution in [0, 0.1) is 0 Å². The molecular weight excluding hydrogens is 364 g/mol. The van der Waals surface area contributed by atoms with Gasteiger partial charge in [0.2, 0.25) is 0 Å². The molecule has 1 heterocycles. The molecule has 14 heteroatoms. The molecule has 1 rings (SSSR count). The predicted octanol–water partition coefficient (Wildman–Crippen LogP) is -3.18. The van der Waals surface area contributed by atoms with Gasteiger partial charge in [0.1, 0.15) is 24.9 Å². The van der Waals surface area contributed by atoms with Crippen molar-refractivity contribution in [3.63, 3.8) is 0 Å². The summed E-state index contributed by atoms with van der Waals surface area (Å²) >= 11 is 0. The molecule has 26 heavy (non-hydrogen) atoms. The Morgan fingerprint density at radius 2 is 1.42 bits per heavy atom. The summed E-state index contributed by atoms with van der Waals surface area (Å²) in [7, 11) is 0. The summed E-state index contributed by atoms with van der Waals surface area (Å²) < 4.78 is 14.4. The molecule has 0 aromatic rings. The van der Waals surface area contributed by atoms with Gasteiger partial charge in [0.05, 0.1) is 25.9 Å². The van der Waals surface area contributed by atoms with E-state index < -0.39 is 68.8 Å². The number of aliphatic hydroxyl groups excluding tert-OH is 3. The van der Waals surface area contributed by atoms with Crippen molar-refractivity contribution in [2.45, 2.75) is 43.5 Å². The normalized spacial score (nSPS) is 29.0. The second-order valence-electron chi connectivity index (χ2n) is 5.38. The molecular formula is C12H22N2O12. The molecule has 1 aliphatic heterocycles. The molecule has 5 unspecified atom stereocenters. The second-order valence-corrected chi connectivity index (χ2v) is 5.38. The highest BCUT2D eigenvalue weighted by Crippen LogP contribution is 2.23. The molecule has 152 valence electrons. The van der Waals surface area contributed by atoms with Crippen molar-refractivity contribution < 1.29 is 59.9 Å². The number of hydrogen-bond acceptors (Lipinski definition) is 14. The molecule has 1 aliphatic rings. The number of aliphatic hydroxyl groups is 3. The first-order chi connectivity index (χ1) is 12.1. The summed E-state index contributed by atoms with van der Waals surface area (Å²) in [6.45, 7) is -1.47. The molecule has 14 nitrogen and oxygen atoms in total. The van der Waals surface area contributed by atoms with Crippen molar-refractivity contribution in [1.82, 2.24) is 10.5 Å². The van der Waals surface area contributed by atoms with E-state index in [0.29, 0.717) is 0 Å². The summed E-state index contributed by atoms with van der Waals surface area (Å²) in [6, 6.07) is 0. The monoisotopic (exact) mass is 386 g/mol. The van der Waals surface area contributed by atoms with Crippen LogP contribution in [0.5, 0.6) is 0 Å². The first kappa shape index (κ1) is 22.6. The highest BCUT2D eigenvalue weighted by molar-refractivity contribution is 5.70. The number of hydroxylamine groups is 4. The van der Waals surface area contributed by atoms with E-state index in [1.165, 1.54) is 0 Å². The van der Waals surface area contributed by atoms with Crippen LogP contribution in [-0.4, -0.2) is 109 Å². The lowest BCUT2D eigenvalue weighted by atomic mass is 9.99. The second kappa shape index (κ2) is 10.6. The minimum atomic E-state index is -1.84. The van der Waals surface area contributed by atoms with Gasteiger partial charge in [0.15, 0.2) is 12.4 Å². The van der Waals surface area contributed by atoms with Crippen LogP contribution in [0.4, 0.5) is 0 Å². The Bertz CT molecular complexity index is 459. The Balaban J connectivity index is 2.49. The maximum atomic E-state index is 11.5. The maximum Gasteiger partial charge on any atom is 0.307 e. The quantitative estimate of drug-likeness (QED) is 0.154. The Morgan fingerprint density at radius 3 is 1.96 bits per heavy atom. The van der Waals surface area contributed by atoms with E-state index in [9.17, 15) is 24.9 Å². The molecule has 5 atom stereocenters. The Kier molecular flexibility index (Phi) is 9.23. The van der Waals surface area contributed by atoms with E-state index in [0.717, 1.165) is 0 Å². The zero-order valence-electron chi connectivity index (χ0n) is 13.5. The van der Waals surface area contributed by atoms with Crippen LogP contribution in [0.1, 0.15) is 12.8 Å². The zero-order chi connectivity index (χ0) is 19.9. The number of carbonyl (C=O) groups is 2. The first-order valence-corrected chi connectivity index (χ1v) is 7.47. The molecule has 0 saturated carbocycles. The Labute approximate surface area is 146 Å². The largest absolute Gasteiger partial charge is 0.463 e. The summed E-state index contributed by atoms with van der Waals surface area (Å²) in [5.41, 5.74) is 0. The van der Waals surface area contributed by atoms with Crippen LogP contribution in [0.3, 0.4) is 0 Å². The van der Waals surface area contributed by atoms with Crippen LogP contribution in [-0.2, 0) is 23.8 Å². The summed E-state index contributed by atoms with van der Waals surface area (Å²) in [5.74, 6) is -1.86. The van der Waals surface area contributed by atoms with Crippen LogP contribution >= 0.6 is 0 Å². The zero-order valence-corrected chi connectivity index (χ0v) is 13.5. The Morgan fingerprint density at radius 1 is 0.885 bits per heavy atom. The SMILES string of the molecule is O=C(CCN(O)O)OCC1OC(O)C(OC(=O)CCN(O)O)C(O)C1O. The van der Waals surface area contributed by atoms with Crippen molar-refractivity contribution in [3.05, 3.63) is 0 Å². The van der Waals surface area contributed by atoms with Crippen LogP contribution in [0.25, 0.3) is 0 Å². The van der Waals surface area contributed by atoms with E-state index >= 15 is 0 Å². The molecule has 0 amide bonds. The third-order valence-electron chi connectivity index (χ3n) is 3.37. The van der Waals surface area contributed by atoms with Gasteiger partial charge in [-0.25, -0.2) is 0 Å². The van der Waals surface area contributed by atoms with Gasteiger partial charge in [-0.15, -0.1) is 0 Å². The maximum absolute atomic E-state index is 11.5. The number of rotatable bonds is 9. The van der Waals surface area contributed by atoms with Gasteiger partial charge >= 0.3 is 11.9 Å². The van der Waals surface area contributed by atoms with Gasteiger partial charge in [-0.2, -0.15) is 0 Å². The van der Waals surface area contributed by atoms with Gasteiger partial charge in [-0.3, -0.25) is 30.4 Å². The number of hydrogen-bond donors (Lipinski definition) is 7. The highest BCUT2D eigenvalue weighted by Gasteiger charge is 2.46. The fraction of sp³-hybridized carbons (Fsp3) is 0.833. The average molecular weight is 386 g/mol. The average Bonchev–Trinajstić information content (AvgIpc) is 2.56. The summed E-state index contributed by atoms with van der Waals surface area (Å²) in [5, 5.41) is 63.2. The van der Waals surface area contributed by atoms with Gasteiger partial charge in [0, 0.05) is 0 Å². The van der Waals surface area contributed by atoms with Crippen molar-refractivity contribution in [2.75, 3.05) is 19.7 Å². The first-order valence-electron chi connectivity index (χ1n) is 7.47. The lowest BCUT2D eigenvalue weighted by Crippen LogP contribution is -2.60. The van der Waals surface area contributed by atoms with Gasteiger partial charge in [-0.05, 0) is 0 Å². The third-order valence-corrected chi connectivity index (χ3v) is 3.37. The molecule has 0 aromatic heterocycles. The van der Waals surface area contributed by atoms with Gasteiger partial charge < -0.3 is 29.5 Å². The number of nitrogens with zero attached hydrogens (tertiary/aromatic N) is 2. The molecule has 1 fully saturated rings. The van der Waals surface area contributed by atoms with E-state index in [2.05, 4.69) is 0 Å². The van der Waals surface area contributed by atoms with Crippen LogP contribution < -0.4 is 0 Å². The molecule has 0 aliphatic carbocycles.